The molecule has 1 aromatic rings. The Morgan fingerprint density at radius 2 is 2.47 bits per heavy atom. The Labute approximate surface area is 102 Å². The number of oxime groups is 1. The van der Waals surface area contributed by atoms with Crippen molar-refractivity contribution < 1.29 is 5.21 Å². The van der Waals surface area contributed by atoms with Crippen LogP contribution in [0.1, 0.15) is 11.8 Å². The third-order valence-corrected chi connectivity index (χ3v) is 3.64. The van der Waals surface area contributed by atoms with Gasteiger partial charge in [-0.3, -0.25) is 4.90 Å². The third kappa shape index (κ3) is 4.19. The minimum absolute atomic E-state index is 0.243. The zero-order valence-electron chi connectivity index (χ0n) is 8.48. The fourth-order valence-electron chi connectivity index (χ4n) is 1.20. The van der Waals surface area contributed by atoms with Crippen LogP contribution < -0.4 is 5.73 Å². The van der Waals surface area contributed by atoms with Gasteiger partial charge in [-0.25, -0.2) is 0 Å². The lowest BCUT2D eigenvalue weighted by molar-refractivity contribution is 0.296. The van der Waals surface area contributed by atoms with Gasteiger partial charge in [-0.1, -0.05) is 12.1 Å². The first-order valence-electron chi connectivity index (χ1n) is 4.57. The number of thiophene rings is 1. The summed E-state index contributed by atoms with van der Waals surface area (Å²) in [5.41, 5.74) is 5.46. The van der Waals surface area contributed by atoms with E-state index in [1.165, 1.54) is 4.88 Å². The molecule has 0 aliphatic carbocycles. The Hall–Kier alpha value is -0.590. The zero-order chi connectivity index (χ0) is 11.3. The molecule has 1 aromatic heterocycles. The van der Waals surface area contributed by atoms with Crippen LogP contribution in [0, 0.1) is 0 Å². The molecule has 0 spiro atoms. The van der Waals surface area contributed by atoms with E-state index in [4.69, 9.17) is 10.9 Å². The lowest BCUT2D eigenvalue weighted by Gasteiger charge is -2.18. The lowest BCUT2D eigenvalue weighted by atomic mass is 10.4. The van der Waals surface area contributed by atoms with Gasteiger partial charge in [-0.2, -0.15) is 0 Å². The van der Waals surface area contributed by atoms with Crippen molar-refractivity contribution in [2.75, 3.05) is 13.1 Å². The first-order valence-corrected chi connectivity index (χ1v) is 6.24. The van der Waals surface area contributed by atoms with Gasteiger partial charge in [0, 0.05) is 21.3 Å². The monoisotopic (exact) mass is 291 g/mol. The third-order valence-electron chi connectivity index (χ3n) is 1.96. The van der Waals surface area contributed by atoms with Crippen LogP contribution in [0.5, 0.6) is 0 Å². The number of nitrogens with two attached hydrogens (primary N) is 1. The van der Waals surface area contributed by atoms with Gasteiger partial charge in [0.2, 0.25) is 0 Å². The Kier molecular flexibility index (Phi) is 5.07. The van der Waals surface area contributed by atoms with E-state index in [-0.39, 0.29) is 5.84 Å². The minimum Gasteiger partial charge on any atom is -0.409 e. The molecule has 1 rings (SSSR count). The molecule has 0 aliphatic rings. The number of hydrogen-bond acceptors (Lipinski definition) is 4. The standard InChI is InChI=1S/C9H14BrN3OS/c1-2-13(5-9(11)12-14)4-8-3-7(10)6-15-8/h3,6,14H,2,4-5H2,1H3,(H2,11,12). The van der Waals surface area contributed by atoms with E-state index in [0.29, 0.717) is 6.54 Å². The Morgan fingerprint density at radius 3 is 2.93 bits per heavy atom. The summed E-state index contributed by atoms with van der Waals surface area (Å²) in [5.74, 6) is 0.243. The van der Waals surface area contributed by atoms with Gasteiger partial charge >= 0.3 is 0 Å². The summed E-state index contributed by atoms with van der Waals surface area (Å²) in [5, 5.41) is 13.5. The molecular formula is C9H14BrN3OS. The van der Waals surface area contributed by atoms with Crippen molar-refractivity contribution in [3.8, 4) is 0 Å². The average molecular weight is 292 g/mol. The second kappa shape index (κ2) is 6.09. The van der Waals surface area contributed by atoms with E-state index in [9.17, 15) is 0 Å². The predicted octanol–water partition coefficient (Wildman–Crippen LogP) is 2.08. The average Bonchev–Trinajstić information content (AvgIpc) is 2.62. The maximum atomic E-state index is 8.48. The molecule has 0 fully saturated rings. The van der Waals surface area contributed by atoms with Gasteiger partial charge in [0.1, 0.15) is 0 Å². The van der Waals surface area contributed by atoms with Gasteiger partial charge in [-0.15, -0.1) is 11.3 Å². The topological polar surface area (TPSA) is 61.8 Å². The molecule has 0 saturated carbocycles. The molecule has 0 bridgehead atoms. The molecule has 6 heteroatoms. The van der Waals surface area contributed by atoms with Crippen LogP contribution in [0.3, 0.4) is 0 Å². The van der Waals surface area contributed by atoms with Gasteiger partial charge in [0.05, 0.1) is 6.54 Å². The SMILES string of the molecule is CCN(CC(N)=NO)Cc1cc(Br)cs1. The number of nitrogens with zero attached hydrogens (tertiary/aromatic N) is 2. The predicted molar refractivity (Wildman–Crippen MR) is 66.4 cm³/mol. The van der Waals surface area contributed by atoms with Crippen LogP contribution in [0.2, 0.25) is 0 Å². The van der Waals surface area contributed by atoms with Crippen molar-refractivity contribution in [2.45, 2.75) is 13.5 Å². The number of hydrogen-bond donors (Lipinski definition) is 2. The summed E-state index contributed by atoms with van der Waals surface area (Å²) in [6.07, 6.45) is 0. The molecular weight excluding hydrogens is 278 g/mol. The van der Waals surface area contributed by atoms with Crippen LogP contribution in [-0.2, 0) is 6.54 Å². The highest BCUT2D eigenvalue weighted by molar-refractivity contribution is 9.10. The first kappa shape index (κ1) is 12.5. The van der Waals surface area contributed by atoms with E-state index in [1.54, 1.807) is 11.3 Å². The van der Waals surface area contributed by atoms with E-state index in [0.717, 1.165) is 17.6 Å². The van der Waals surface area contributed by atoms with E-state index < -0.39 is 0 Å². The molecule has 0 radical (unpaired) electrons. The van der Waals surface area contributed by atoms with Crippen LogP contribution >= 0.6 is 27.3 Å². The number of amidine groups is 1. The summed E-state index contributed by atoms with van der Waals surface area (Å²) in [6, 6.07) is 2.08. The maximum absolute atomic E-state index is 8.48. The summed E-state index contributed by atoms with van der Waals surface area (Å²) in [4.78, 5) is 3.36. The first-order chi connectivity index (χ1) is 7.15. The van der Waals surface area contributed by atoms with Gasteiger partial charge in [0.15, 0.2) is 5.84 Å². The fourth-order valence-corrected chi connectivity index (χ4v) is 2.69. The number of halogens is 1. The molecule has 3 N–H and O–H groups in total. The van der Waals surface area contributed by atoms with Crippen molar-refractivity contribution in [2.24, 2.45) is 10.9 Å². The summed E-state index contributed by atoms with van der Waals surface area (Å²) >= 11 is 5.11. The normalized spacial score (nSPS) is 12.3. The highest BCUT2D eigenvalue weighted by Gasteiger charge is 2.07. The molecule has 0 aliphatic heterocycles. The van der Waals surface area contributed by atoms with Crippen molar-refractivity contribution in [3.05, 3.63) is 20.8 Å². The Morgan fingerprint density at radius 1 is 1.73 bits per heavy atom. The van der Waals surface area contributed by atoms with Gasteiger partial charge in [-0.05, 0) is 28.5 Å². The molecule has 0 amide bonds. The van der Waals surface area contributed by atoms with Crippen molar-refractivity contribution in [1.82, 2.24) is 4.90 Å². The fraction of sp³-hybridized carbons (Fsp3) is 0.444. The second-order valence-electron chi connectivity index (χ2n) is 3.13. The van der Waals surface area contributed by atoms with Crippen molar-refractivity contribution in [1.29, 1.82) is 0 Å². The molecule has 15 heavy (non-hydrogen) atoms. The largest absolute Gasteiger partial charge is 0.409 e. The van der Waals surface area contributed by atoms with Crippen molar-refractivity contribution in [3.63, 3.8) is 0 Å². The molecule has 0 saturated heterocycles. The summed E-state index contributed by atoms with van der Waals surface area (Å²) < 4.78 is 1.10. The molecule has 0 atom stereocenters. The van der Waals surface area contributed by atoms with Crippen molar-refractivity contribution >= 4 is 33.1 Å². The zero-order valence-corrected chi connectivity index (χ0v) is 10.9. The maximum Gasteiger partial charge on any atom is 0.153 e. The van der Waals surface area contributed by atoms with Crippen LogP contribution in [0.15, 0.2) is 21.1 Å². The van der Waals surface area contributed by atoms with E-state index in [2.05, 4.69) is 32.1 Å². The molecule has 0 aromatic carbocycles. The van der Waals surface area contributed by atoms with Gasteiger partial charge in [0.25, 0.3) is 0 Å². The van der Waals surface area contributed by atoms with Crippen LogP contribution in [0.25, 0.3) is 0 Å². The highest BCUT2D eigenvalue weighted by atomic mass is 79.9. The minimum atomic E-state index is 0.243. The number of likely N-dealkylation sites (N-methyl/N-ethyl adjacent to an activating group) is 1. The van der Waals surface area contributed by atoms with Crippen LogP contribution in [0.4, 0.5) is 0 Å². The molecule has 4 nitrogen and oxygen atoms in total. The quantitative estimate of drug-likeness (QED) is 0.378. The molecule has 84 valence electrons. The smallest absolute Gasteiger partial charge is 0.153 e. The Balaban J connectivity index is 2.54. The van der Waals surface area contributed by atoms with Gasteiger partial charge < -0.3 is 10.9 Å². The second-order valence-corrected chi connectivity index (χ2v) is 5.04. The number of rotatable bonds is 5. The molecule has 0 unspecified atom stereocenters. The van der Waals surface area contributed by atoms with E-state index >= 15 is 0 Å². The molecule has 1 heterocycles. The summed E-state index contributed by atoms with van der Waals surface area (Å²) in [7, 11) is 0. The highest BCUT2D eigenvalue weighted by Crippen LogP contribution is 2.20. The van der Waals surface area contributed by atoms with Crippen LogP contribution in [-0.4, -0.2) is 29.0 Å². The lowest BCUT2D eigenvalue weighted by Crippen LogP contribution is -2.33. The summed E-state index contributed by atoms with van der Waals surface area (Å²) in [6.45, 7) is 4.23. The van der Waals surface area contributed by atoms with E-state index in [1.807, 2.05) is 12.3 Å². The Bertz CT molecular complexity index is 340.